The van der Waals surface area contributed by atoms with Gasteiger partial charge in [-0.3, -0.25) is 4.98 Å². The predicted molar refractivity (Wildman–Crippen MR) is 94.7 cm³/mol. The first-order chi connectivity index (χ1) is 10.8. The molecule has 2 aromatic carbocycles. The van der Waals surface area contributed by atoms with Crippen LogP contribution in [0, 0.1) is 0 Å². The first-order valence-electron chi connectivity index (χ1n) is 7.11. The van der Waals surface area contributed by atoms with Crippen molar-refractivity contribution in [2.75, 3.05) is 0 Å². The summed E-state index contributed by atoms with van der Waals surface area (Å²) in [6.45, 7) is 0. The number of aromatic amines is 1. The van der Waals surface area contributed by atoms with Crippen molar-refractivity contribution in [1.82, 2.24) is 9.97 Å². The van der Waals surface area contributed by atoms with Gasteiger partial charge in [0.2, 0.25) is 0 Å². The van der Waals surface area contributed by atoms with Gasteiger partial charge in [0.25, 0.3) is 0 Å². The van der Waals surface area contributed by atoms with Crippen LogP contribution in [0.25, 0.3) is 33.4 Å². The lowest BCUT2D eigenvalue weighted by molar-refractivity contribution is 1.33. The molecule has 106 valence electrons. The summed E-state index contributed by atoms with van der Waals surface area (Å²) in [6, 6.07) is 22.7. The van der Waals surface area contributed by atoms with E-state index >= 15 is 0 Å². The smallest absolute Gasteiger partial charge is 0.0729 e. The van der Waals surface area contributed by atoms with Gasteiger partial charge in [0, 0.05) is 27.1 Å². The summed E-state index contributed by atoms with van der Waals surface area (Å²) in [7, 11) is 0. The van der Waals surface area contributed by atoms with E-state index in [-0.39, 0.29) is 0 Å². The highest BCUT2D eigenvalue weighted by atomic mass is 79.9. The van der Waals surface area contributed by atoms with E-state index in [0.29, 0.717) is 0 Å². The monoisotopic (exact) mass is 348 g/mol. The number of aromatic nitrogens is 2. The predicted octanol–water partition coefficient (Wildman–Crippen LogP) is 5.66. The molecule has 4 rings (SSSR count). The second-order valence-corrected chi connectivity index (χ2v) is 6.06. The third kappa shape index (κ3) is 2.24. The van der Waals surface area contributed by atoms with Gasteiger partial charge in [0.15, 0.2) is 0 Å². The van der Waals surface area contributed by atoms with Crippen LogP contribution in [0.3, 0.4) is 0 Å². The minimum absolute atomic E-state index is 0.978. The van der Waals surface area contributed by atoms with Crippen LogP contribution in [-0.4, -0.2) is 9.97 Å². The Balaban J connectivity index is 2.08. The molecule has 0 radical (unpaired) electrons. The van der Waals surface area contributed by atoms with Gasteiger partial charge in [-0.2, -0.15) is 0 Å². The molecule has 0 bridgehead atoms. The SMILES string of the molecule is Brc1ccc2[nH]c(-c3ccccc3)c(-c3ccccn3)c2c1. The number of nitrogens with one attached hydrogen (secondary N) is 1. The van der Waals surface area contributed by atoms with Crippen LogP contribution < -0.4 is 0 Å². The number of halogens is 1. The van der Waals surface area contributed by atoms with Crippen LogP contribution in [0.15, 0.2) is 77.4 Å². The minimum Gasteiger partial charge on any atom is -0.354 e. The average molecular weight is 349 g/mol. The zero-order valence-electron chi connectivity index (χ0n) is 11.8. The molecule has 0 unspecified atom stereocenters. The Labute approximate surface area is 137 Å². The highest BCUT2D eigenvalue weighted by molar-refractivity contribution is 9.10. The summed E-state index contributed by atoms with van der Waals surface area (Å²) >= 11 is 3.57. The van der Waals surface area contributed by atoms with Gasteiger partial charge < -0.3 is 4.98 Å². The summed E-state index contributed by atoms with van der Waals surface area (Å²) in [5.74, 6) is 0. The van der Waals surface area contributed by atoms with Gasteiger partial charge in [-0.15, -0.1) is 0 Å². The fourth-order valence-electron chi connectivity index (χ4n) is 2.76. The normalized spacial score (nSPS) is 11.0. The zero-order chi connectivity index (χ0) is 14.9. The van der Waals surface area contributed by atoms with Gasteiger partial charge in [-0.25, -0.2) is 0 Å². The summed E-state index contributed by atoms with van der Waals surface area (Å²) in [6.07, 6.45) is 1.83. The van der Waals surface area contributed by atoms with Crippen LogP contribution in [0.2, 0.25) is 0 Å². The Kier molecular flexibility index (Phi) is 3.28. The number of H-pyrrole nitrogens is 1. The summed E-state index contributed by atoms with van der Waals surface area (Å²) in [5.41, 5.74) is 5.50. The number of hydrogen-bond donors (Lipinski definition) is 1. The summed E-state index contributed by atoms with van der Waals surface area (Å²) in [4.78, 5) is 8.10. The van der Waals surface area contributed by atoms with Gasteiger partial charge in [0.1, 0.15) is 0 Å². The number of hydrogen-bond acceptors (Lipinski definition) is 1. The third-order valence-corrected chi connectivity index (χ3v) is 4.24. The van der Waals surface area contributed by atoms with E-state index < -0.39 is 0 Å². The highest BCUT2D eigenvalue weighted by Gasteiger charge is 2.15. The maximum absolute atomic E-state index is 4.55. The number of nitrogens with zero attached hydrogens (tertiary/aromatic N) is 1. The highest BCUT2D eigenvalue weighted by Crippen LogP contribution is 2.38. The summed E-state index contributed by atoms with van der Waals surface area (Å²) < 4.78 is 1.07. The zero-order valence-corrected chi connectivity index (χ0v) is 13.3. The lowest BCUT2D eigenvalue weighted by Crippen LogP contribution is -1.85. The van der Waals surface area contributed by atoms with E-state index in [4.69, 9.17) is 0 Å². The van der Waals surface area contributed by atoms with Crippen molar-refractivity contribution in [3.63, 3.8) is 0 Å². The Morgan fingerprint density at radius 3 is 2.45 bits per heavy atom. The molecule has 0 atom stereocenters. The van der Waals surface area contributed by atoms with Crippen LogP contribution in [0.4, 0.5) is 0 Å². The molecular weight excluding hydrogens is 336 g/mol. The van der Waals surface area contributed by atoms with Gasteiger partial charge in [-0.05, 0) is 35.9 Å². The quantitative estimate of drug-likeness (QED) is 0.497. The van der Waals surface area contributed by atoms with E-state index in [0.717, 1.165) is 32.5 Å². The fourth-order valence-corrected chi connectivity index (χ4v) is 3.12. The average Bonchev–Trinajstić information content (AvgIpc) is 2.95. The molecule has 0 fully saturated rings. The lowest BCUT2D eigenvalue weighted by atomic mass is 10.0. The number of rotatable bonds is 2. The van der Waals surface area contributed by atoms with Gasteiger partial charge in [-0.1, -0.05) is 52.3 Å². The topological polar surface area (TPSA) is 28.7 Å². The van der Waals surface area contributed by atoms with Crippen LogP contribution in [-0.2, 0) is 0 Å². The third-order valence-electron chi connectivity index (χ3n) is 3.74. The molecule has 0 saturated carbocycles. The van der Waals surface area contributed by atoms with E-state index in [1.54, 1.807) is 0 Å². The molecule has 2 nitrogen and oxygen atoms in total. The standard InChI is InChI=1S/C19H13BrN2/c20-14-9-10-16-15(12-14)18(17-8-4-5-11-21-17)19(22-16)13-6-2-1-3-7-13/h1-12,22H. The molecule has 4 aromatic rings. The van der Waals surface area contributed by atoms with Crippen LogP contribution >= 0.6 is 15.9 Å². The second kappa shape index (κ2) is 5.43. The Morgan fingerprint density at radius 2 is 1.68 bits per heavy atom. The number of pyridine rings is 1. The van der Waals surface area contributed by atoms with Crippen molar-refractivity contribution in [2.45, 2.75) is 0 Å². The molecule has 0 amide bonds. The van der Waals surface area contributed by atoms with Gasteiger partial charge in [0.05, 0.1) is 11.4 Å². The van der Waals surface area contributed by atoms with Crippen molar-refractivity contribution < 1.29 is 0 Å². The molecule has 2 heterocycles. The Morgan fingerprint density at radius 1 is 0.864 bits per heavy atom. The first kappa shape index (κ1) is 13.3. The molecule has 22 heavy (non-hydrogen) atoms. The van der Waals surface area contributed by atoms with E-state index in [9.17, 15) is 0 Å². The largest absolute Gasteiger partial charge is 0.354 e. The molecular formula is C19H13BrN2. The fraction of sp³-hybridized carbons (Fsp3) is 0. The van der Waals surface area contributed by atoms with Crippen LogP contribution in [0.1, 0.15) is 0 Å². The molecule has 0 aliphatic rings. The molecule has 0 saturated heterocycles. The van der Waals surface area contributed by atoms with Crippen molar-refractivity contribution in [1.29, 1.82) is 0 Å². The number of benzene rings is 2. The van der Waals surface area contributed by atoms with E-state index in [1.165, 1.54) is 5.39 Å². The Bertz CT molecular complexity index is 928. The van der Waals surface area contributed by atoms with Crippen molar-refractivity contribution in [3.8, 4) is 22.5 Å². The number of fused-ring (bicyclic) bond motifs is 1. The Hall–Kier alpha value is -2.39. The molecule has 0 aliphatic carbocycles. The van der Waals surface area contributed by atoms with Crippen LogP contribution in [0.5, 0.6) is 0 Å². The second-order valence-electron chi connectivity index (χ2n) is 5.15. The molecule has 3 heteroatoms. The first-order valence-corrected chi connectivity index (χ1v) is 7.90. The maximum atomic E-state index is 4.55. The van der Waals surface area contributed by atoms with Crippen molar-refractivity contribution in [3.05, 3.63) is 77.4 Å². The molecule has 0 spiro atoms. The van der Waals surface area contributed by atoms with Crippen molar-refractivity contribution in [2.24, 2.45) is 0 Å². The maximum Gasteiger partial charge on any atom is 0.0729 e. The molecule has 2 aromatic heterocycles. The van der Waals surface area contributed by atoms with Gasteiger partial charge >= 0.3 is 0 Å². The summed E-state index contributed by atoms with van der Waals surface area (Å²) in [5, 5.41) is 1.17. The minimum atomic E-state index is 0.978. The van der Waals surface area contributed by atoms with E-state index in [2.05, 4.69) is 74.4 Å². The molecule has 1 N–H and O–H groups in total. The van der Waals surface area contributed by atoms with Crippen molar-refractivity contribution >= 4 is 26.8 Å². The van der Waals surface area contributed by atoms with E-state index in [1.807, 2.05) is 24.4 Å². The lowest BCUT2D eigenvalue weighted by Gasteiger charge is -2.04. The molecule has 0 aliphatic heterocycles.